The fourth-order valence-corrected chi connectivity index (χ4v) is 3.73. The lowest BCUT2D eigenvalue weighted by atomic mass is 9.96. The monoisotopic (exact) mass is 348 g/mol. The Bertz CT molecular complexity index is 795. The van der Waals surface area contributed by atoms with E-state index in [9.17, 15) is 9.59 Å². The van der Waals surface area contributed by atoms with Gasteiger partial charge >= 0.3 is 0 Å². The van der Waals surface area contributed by atoms with Gasteiger partial charge in [-0.05, 0) is 55.5 Å². The summed E-state index contributed by atoms with van der Waals surface area (Å²) in [5.74, 6) is 0.121. The molecule has 2 aliphatic rings. The second-order valence-corrected chi connectivity index (χ2v) is 7.38. The van der Waals surface area contributed by atoms with Crippen LogP contribution in [0.2, 0.25) is 0 Å². The van der Waals surface area contributed by atoms with Crippen molar-refractivity contribution < 1.29 is 9.59 Å². The maximum atomic E-state index is 12.5. The molecule has 2 aromatic carbocycles. The lowest BCUT2D eigenvalue weighted by Crippen LogP contribution is -2.35. The van der Waals surface area contributed by atoms with E-state index in [0.717, 1.165) is 37.9 Å². The highest BCUT2D eigenvalue weighted by molar-refractivity contribution is 5.97. The number of nitrogens with one attached hydrogen (secondary N) is 1. The smallest absolute Gasteiger partial charge is 0.251 e. The molecule has 0 bridgehead atoms. The van der Waals surface area contributed by atoms with Crippen LogP contribution in [0, 0.1) is 0 Å². The van der Waals surface area contributed by atoms with Gasteiger partial charge in [-0.1, -0.05) is 30.3 Å². The van der Waals surface area contributed by atoms with Gasteiger partial charge < -0.3 is 10.2 Å². The summed E-state index contributed by atoms with van der Waals surface area (Å²) < 4.78 is 0. The highest BCUT2D eigenvalue weighted by Crippen LogP contribution is 2.47. The zero-order chi connectivity index (χ0) is 18.0. The molecule has 1 aliphatic carbocycles. The Morgan fingerprint density at radius 2 is 1.73 bits per heavy atom. The first-order valence-corrected chi connectivity index (χ1v) is 9.42. The van der Waals surface area contributed by atoms with Crippen LogP contribution in [0.15, 0.2) is 54.6 Å². The average molecular weight is 348 g/mol. The minimum atomic E-state index is -0.0521. The highest BCUT2D eigenvalue weighted by atomic mass is 16.2. The molecule has 0 unspecified atom stereocenters. The van der Waals surface area contributed by atoms with Crippen molar-refractivity contribution in [1.29, 1.82) is 0 Å². The molecule has 0 spiro atoms. The number of rotatable bonds is 5. The molecule has 4 heteroatoms. The van der Waals surface area contributed by atoms with Crippen LogP contribution in [-0.2, 0) is 10.2 Å². The normalized spacial score (nSPS) is 18.5. The molecule has 2 fully saturated rings. The Balaban J connectivity index is 1.39. The van der Waals surface area contributed by atoms with Gasteiger partial charge in [0.2, 0.25) is 5.91 Å². The van der Waals surface area contributed by atoms with Crippen LogP contribution in [0.3, 0.4) is 0 Å². The Morgan fingerprint density at radius 1 is 1.00 bits per heavy atom. The molecule has 1 saturated heterocycles. The first-order valence-electron chi connectivity index (χ1n) is 9.42. The van der Waals surface area contributed by atoms with Crippen molar-refractivity contribution in [3.05, 3.63) is 65.7 Å². The summed E-state index contributed by atoms with van der Waals surface area (Å²) in [5.41, 5.74) is 2.94. The van der Waals surface area contributed by atoms with Crippen molar-refractivity contribution in [2.45, 2.75) is 37.5 Å². The predicted molar refractivity (Wildman–Crippen MR) is 102 cm³/mol. The molecule has 0 aromatic heterocycles. The molecule has 1 saturated carbocycles. The van der Waals surface area contributed by atoms with Gasteiger partial charge in [-0.2, -0.15) is 0 Å². The Labute approximate surface area is 154 Å². The van der Waals surface area contributed by atoms with E-state index < -0.39 is 0 Å². The van der Waals surface area contributed by atoms with Gasteiger partial charge in [0, 0.05) is 36.2 Å². The molecule has 2 amide bonds. The van der Waals surface area contributed by atoms with Crippen LogP contribution in [0.1, 0.15) is 48.0 Å². The number of carbonyl (C=O) groups excluding carboxylic acids is 2. The number of nitrogens with zero attached hydrogens (tertiary/aromatic N) is 1. The van der Waals surface area contributed by atoms with E-state index in [1.807, 2.05) is 35.2 Å². The van der Waals surface area contributed by atoms with Crippen molar-refractivity contribution in [3.63, 3.8) is 0 Å². The summed E-state index contributed by atoms with van der Waals surface area (Å²) in [7, 11) is 0. The standard InChI is InChI=1S/C22H24N2O2/c25-20-8-4-5-15-24(20)19-11-9-17(10-12-19)21(26)23-16-22(13-14-22)18-6-2-1-3-7-18/h1-3,6-7,9-12H,4-5,8,13-16H2,(H,23,26). The molecule has 1 N–H and O–H groups in total. The third-order valence-electron chi connectivity index (χ3n) is 5.59. The van der Waals surface area contributed by atoms with Crippen molar-refractivity contribution in [2.24, 2.45) is 0 Å². The number of piperidine rings is 1. The van der Waals surface area contributed by atoms with Crippen LogP contribution in [-0.4, -0.2) is 24.9 Å². The van der Waals surface area contributed by atoms with Gasteiger partial charge in [-0.3, -0.25) is 9.59 Å². The number of hydrogen-bond donors (Lipinski definition) is 1. The second kappa shape index (κ2) is 6.94. The van der Waals surface area contributed by atoms with Crippen LogP contribution in [0.25, 0.3) is 0 Å². The Kier molecular flexibility index (Phi) is 4.49. The quantitative estimate of drug-likeness (QED) is 0.896. The van der Waals surface area contributed by atoms with Crippen LogP contribution in [0.5, 0.6) is 0 Å². The first kappa shape index (κ1) is 16.8. The highest BCUT2D eigenvalue weighted by Gasteiger charge is 2.44. The summed E-state index contributed by atoms with van der Waals surface area (Å²) in [5, 5.41) is 3.09. The SMILES string of the molecule is O=C(NCC1(c2ccccc2)CC1)c1ccc(N2CCCCC2=O)cc1. The van der Waals surface area contributed by atoms with E-state index >= 15 is 0 Å². The Morgan fingerprint density at radius 3 is 2.38 bits per heavy atom. The van der Waals surface area contributed by atoms with Gasteiger partial charge in [0.05, 0.1) is 0 Å². The summed E-state index contributed by atoms with van der Waals surface area (Å²) in [6.07, 6.45) is 4.86. The van der Waals surface area contributed by atoms with E-state index in [-0.39, 0.29) is 17.2 Å². The molecule has 26 heavy (non-hydrogen) atoms. The lowest BCUT2D eigenvalue weighted by molar-refractivity contribution is -0.119. The molecule has 4 nitrogen and oxygen atoms in total. The largest absolute Gasteiger partial charge is 0.351 e. The molecule has 134 valence electrons. The third kappa shape index (κ3) is 3.36. The minimum absolute atomic E-state index is 0.0521. The molecule has 1 heterocycles. The van der Waals surface area contributed by atoms with Crippen molar-refractivity contribution in [2.75, 3.05) is 18.0 Å². The van der Waals surface area contributed by atoms with Gasteiger partial charge in [0.15, 0.2) is 0 Å². The summed E-state index contributed by atoms with van der Waals surface area (Å²) in [6, 6.07) is 17.8. The summed E-state index contributed by atoms with van der Waals surface area (Å²) in [6.45, 7) is 1.44. The van der Waals surface area contributed by atoms with E-state index in [2.05, 4.69) is 29.6 Å². The molecule has 2 aromatic rings. The van der Waals surface area contributed by atoms with E-state index in [1.54, 1.807) is 0 Å². The number of hydrogen-bond acceptors (Lipinski definition) is 2. The topological polar surface area (TPSA) is 49.4 Å². The molecule has 0 atom stereocenters. The van der Waals surface area contributed by atoms with Gasteiger partial charge in [-0.25, -0.2) is 0 Å². The number of amides is 2. The zero-order valence-corrected chi connectivity index (χ0v) is 14.9. The molecular weight excluding hydrogens is 324 g/mol. The molecule has 4 rings (SSSR count). The van der Waals surface area contributed by atoms with Crippen molar-refractivity contribution >= 4 is 17.5 Å². The fraction of sp³-hybridized carbons (Fsp3) is 0.364. The zero-order valence-electron chi connectivity index (χ0n) is 14.9. The summed E-state index contributed by atoms with van der Waals surface area (Å²) in [4.78, 5) is 26.3. The van der Waals surface area contributed by atoms with Crippen molar-refractivity contribution in [1.82, 2.24) is 5.32 Å². The third-order valence-corrected chi connectivity index (χ3v) is 5.59. The van der Waals surface area contributed by atoms with E-state index in [4.69, 9.17) is 0 Å². The van der Waals surface area contributed by atoms with Crippen LogP contribution < -0.4 is 10.2 Å². The molecular formula is C22H24N2O2. The van der Waals surface area contributed by atoms with Gasteiger partial charge in [0.25, 0.3) is 5.91 Å². The predicted octanol–water partition coefficient (Wildman–Crippen LogP) is 3.67. The van der Waals surface area contributed by atoms with Crippen LogP contribution in [0.4, 0.5) is 5.69 Å². The van der Waals surface area contributed by atoms with E-state index in [0.29, 0.717) is 18.5 Å². The van der Waals surface area contributed by atoms with E-state index in [1.165, 1.54) is 5.56 Å². The molecule has 1 aliphatic heterocycles. The first-order chi connectivity index (χ1) is 12.7. The summed E-state index contributed by atoms with van der Waals surface area (Å²) >= 11 is 0. The van der Waals surface area contributed by atoms with Crippen LogP contribution >= 0.6 is 0 Å². The van der Waals surface area contributed by atoms with Crippen molar-refractivity contribution in [3.8, 4) is 0 Å². The second-order valence-electron chi connectivity index (χ2n) is 7.38. The number of anilines is 1. The fourth-order valence-electron chi connectivity index (χ4n) is 3.73. The Hall–Kier alpha value is -2.62. The maximum Gasteiger partial charge on any atom is 0.251 e. The maximum absolute atomic E-state index is 12.5. The number of carbonyl (C=O) groups is 2. The lowest BCUT2D eigenvalue weighted by Gasteiger charge is -2.26. The average Bonchev–Trinajstić information content (AvgIpc) is 3.49. The minimum Gasteiger partial charge on any atom is -0.351 e. The van der Waals surface area contributed by atoms with Gasteiger partial charge in [-0.15, -0.1) is 0 Å². The molecule has 0 radical (unpaired) electrons. The van der Waals surface area contributed by atoms with Gasteiger partial charge in [0.1, 0.15) is 0 Å². The number of benzene rings is 2.